The molecular formula is C13H14O. The molecule has 0 N–H and O–H groups in total. The van der Waals surface area contributed by atoms with Crippen LogP contribution in [0.5, 0.6) is 0 Å². The molecule has 1 aromatic carbocycles. The molecule has 14 heavy (non-hydrogen) atoms. The van der Waals surface area contributed by atoms with E-state index in [-0.39, 0.29) is 0 Å². The molecule has 0 saturated carbocycles. The molecule has 0 atom stereocenters. The number of allylic oxidation sites excluding steroid dienone is 1. The topological polar surface area (TPSA) is 17.1 Å². The summed E-state index contributed by atoms with van der Waals surface area (Å²) in [4.78, 5) is 10.3. The molecule has 1 nitrogen and oxygen atoms in total. The first-order chi connectivity index (χ1) is 6.83. The van der Waals surface area contributed by atoms with Crippen LogP contribution in [0.1, 0.15) is 28.7 Å². The van der Waals surface area contributed by atoms with E-state index in [2.05, 4.69) is 19.1 Å². The smallest absolute Gasteiger partial charge is 0.142 e. The van der Waals surface area contributed by atoms with E-state index in [1.165, 1.54) is 35.1 Å². The van der Waals surface area contributed by atoms with Gasteiger partial charge in [0.2, 0.25) is 0 Å². The quantitative estimate of drug-likeness (QED) is 0.512. The number of benzene rings is 1. The van der Waals surface area contributed by atoms with Gasteiger partial charge in [-0.25, -0.2) is 0 Å². The van der Waals surface area contributed by atoms with Gasteiger partial charge in [0.05, 0.1) is 0 Å². The Balaban J connectivity index is 2.51. The van der Waals surface area contributed by atoms with Gasteiger partial charge in [-0.05, 0) is 54.5 Å². The van der Waals surface area contributed by atoms with Gasteiger partial charge in [0.15, 0.2) is 0 Å². The molecule has 0 amide bonds. The molecule has 1 aromatic rings. The van der Waals surface area contributed by atoms with Crippen LogP contribution in [0.3, 0.4) is 0 Å². The molecule has 0 spiro atoms. The molecule has 0 bridgehead atoms. The minimum Gasteiger partial charge on any atom is -0.299 e. The van der Waals surface area contributed by atoms with Crippen LogP contribution in [-0.2, 0) is 17.6 Å². The van der Waals surface area contributed by atoms with Crippen LogP contribution >= 0.6 is 0 Å². The lowest BCUT2D eigenvalue weighted by Crippen LogP contribution is -1.91. The van der Waals surface area contributed by atoms with E-state index in [0.717, 1.165) is 12.7 Å². The molecule has 72 valence electrons. The van der Waals surface area contributed by atoms with Crippen LogP contribution < -0.4 is 0 Å². The standard InChI is InChI=1S/C13H14O/c1-10-7-8-11-4-2-5-13(11)12(10)6-3-9-14/h3,6-9H,2,4-5H2,1H3/b6-3+. The van der Waals surface area contributed by atoms with Crippen molar-refractivity contribution in [2.75, 3.05) is 0 Å². The van der Waals surface area contributed by atoms with Crippen molar-refractivity contribution in [1.29, 1.82) is 0 Å². The third kappa shape index (κ3) is 1.50. The lowest BCUT2D eigenvalue weighted by molar-refractivity contribution is -0.104. The van der Waals surface area contributed by atoms with Crippen molar-refractivity contribution in [3.8, 4) is 0 Å². The summed E-state index contributed by atoms with van der Waals surface area (Å²) in [6.07, 6.45) is 7.97. The van der Waals surface area contributed by atoms with E-state index < -0.39 is 0 Å². The molecule has 0 radical (unpaired) electrons. The molecule has 0 aromatic heterocycles. The Morgan fingerprint density at radius 1 is 1.29 bits per heavy atom. The van der Waals surface area contributed by atoms with Gasteiger partial charge in [-0.2, -0.15) is 0 Å². The van der Waals surface area contributed by atoms with Crippen molar-refractivity contribution in [2.24, 2.45) is 0 Å². The number of carbonyl (C=O) groups excluding carboxylic acids is 1. The molecule has 0 heterocycles. The number of aryl methyl sites for hydroxylation is 2. The van der Waals surface area contributed by atoms with Crippen LogP contribution in [0, 0.1) is 6.92 Å². The number of hydrogen-bond acceptors (Lipinski definition) is 1. The van der Waals surface area contributed by atoms with E-state index in [4.69, 9.17) is 0 Å². The first-order valence-electron chi connectivity index (χ1n) is 5.06. The Labute approximate surface area is 84.5 Å². The minimum atomic E-state index is 0.841. The summed E-state index contributed by atoms with van der Waals surface area (Å²) in [6.45, 7) is 2.10. The SMILES string of the molecule is Cc1ccc2c(c1/C=C/C=O)CCC2. The summed E-state index contributed by atoms with van der Waals surface area (Å²) in [5.41, 5.74) is 5.43. The van der Waals surface area contributed by atoms with E-state index >= 15 is 0 Å². The average molecular weight is 186 g/mol. The first-order valence-corrected chi connectivity index (χ1v) is 5.06. The van der Waals surface area contributed by atoms with Crippen molar-refractivity contribution in [3.05, 3.63) is 40.5 Å². The summed E-state index contributed by atoms with van der Waals surface area (Å²) in [7, 11) is 0. The van der Waals surface area contributed by atoms with Gasteiger partial charge in [-0.1, -0.05) is 18.2 Å². The maximum absolute atomic E-state index is 10.3. The second-order valence-corrected chi connectivity index (χ2v) is 3.78. The third-order valence-corrected chi connectivity index (χ3v) is 2.89. The van der Waals surface area contributed by atoms with Gasteiger partial charge in [0, 0.05) is 0 Å². The van der Waals surface area contributed by atoms with Crippen LogP contribution in [0.4, 0.5) is 0 Å². The van der Waals surface area contributed by atoms with Crippen molar-refractivity contribution >= 4 is 12.4 Å². The van der Waals surface area contributed by atoms with Gasteiger partial charge in [0.25, 0.3) is 0 Å². The molecule has 1 aliphatic carbocycles. The number of rotatable bonds is 2. The van der Waals surface area contributed by atoms with Crippen LogP contribution in [0.15, 0.2) is 18.2 Å². The molecule has 1 aliphatic rings. The van der Waals surface area contributed by atoms with Gasteiger partial charge >= 0.3 is 0 Å². The summed E-state index contributed by atoms with van der Waals surface area (Å²) in [5.74, 6) is 0. The Morgan fingerprint density at radius 2 is 2.14 bits per heavy atom. The number of fused-ring (bicyclic) bond motifs is 1. The fourth-order valence-electron chi connectivity index (χ4n) is 2.18. The Bertz CT molecular complexity index is 388. The Morgan fingerprint density at radius 3 is 2.93 bits per heavy atom. The molecule has 1 heteroatoms. The molecule has 0 aliphatic heterocycles. The molecule has 0 fully saturated rings. The summed E-state index contributed by atoms with van der Waals surface area (Å²) in [6, 6.07) is 4.37. The van der Waals surface area contributed by atoms with Gasteiger partial charge in [0.1, 0.15) is 6.29 Å². The minimum absolute atomic E-state index is 0.841. The molecule has 2 rings (SSSR count). The van der Waals surface area contributed by atoms with Crippen LogP contribution in [-0.4, -0.2) is 6.29 Å². The zero-order chi connectivity index (χ0) is 9.97. The summed E-state index contributed by atoms with van der Waals surface area (Å²) >= 11 is 0. The highest BCUT2D eigenvalue weighted by Gasteiger charge is 2.14. The number of carbonyl (C=O) groups is 1. The largest absolute Gasteiger partial charge is 0.299 e. The lowest BCUT2D eigenvalue weighted by Gasteiger charge is -2.07. The molecule has 0 unspecified atom stereocenters. The monoisotopic (exact) mass is 186 g/mol. The van der Waals surface area contributed by atoms with E-state index in [0.29, 0.717) is 0 Å². The Hall–Kier alpha value is -1.37. The maximum atomic E-state index is 10.3. The molecule has 0 saturated heterocycles. The highest BCUT2D eigenvalue weighted by molar-refractivity contribution is 5.76. The normalized spacial score (nSPS) is 14.6. The lowest BCUT2D eigenvalue weighted by atomic mass is 9.98. The zero-order valence-corrected chi connectivity index (χ0v) is 8.42. The second kappa shape index (κ2) is 3.79. The fourth-order valence-corrected chi connectivity index (χ4v) is 2.18. The van der Waals surface area contributed by atoms with Crippen molar-refractivity contribution in [3.63, 3.8) is 0 Å². The van der Waals surface area contributed by atoms with Gasteiger partial charge < -0.3 is 0 Å². The number of aldehydes is 1. The third-order valence-electron chi connectivity index (χ3n) is 2.89. The van der Waals surface area contributed by atoms with Crippen LogP contribution in [0.25, 0.3) is 6.08 Å². The predicted molar refractivity (Wildman–Crippen MR) is 58.3 cm³/mol. The first kappa shape index (κ1) is 9.20. The summed E-state index contributed by atoms with van der Waals surface area (Å²) in [5, 5.41) is 0. The van der Waals surface area contributed by atoms with Crippen molar-refractivity contribution in [1.82, 2.24) is 0 Å². The predicted octanol–water partition coefficient (Wildman–Crippen LogP) is 2.70. The van der Waals surface area contributed by atoms with Crippen molar-refractivity contribution < 1.29 is 4.79 Å². The van der Waals surface area contributed by atoms with E-state index in [1.807, 2.05) is 6.08 Å². The van der Waals surface area contributed by atoms with Crippen molar-refractivity contribution in [2.45, 2.75) is 26.2 Å². The average Bonchev–Trinajstić information content (AvgIpc) is 2.64. The van der Waals surface area contributed by atoms with Gasteiger partial charge in [-0.15, -0.1) is 0 Å². The zero-order valence-electron chi connectivity index (χ0n) is 8.42. The summed E-state index contributed by atoms with van der Waals surface area (Å²) < 4.78 is 0. The fraction of sp³-hybridized carbons (Fsp3) is 0.308. The van der Waals surface area contributed by atoms with E-state index in [9.17, 15) is 4.79 Å². The van der Waals surface area contributed by atoms with Crippen LogP contribution in [0.2, 0.25) is 0 Å². The highest BCUT2D eigenvalue weighted by atomic mass is 16.1. The van der Waals surface area contributed by atoms with E-state index in [1.54, 1.807) is 6.08 Å². The van der Waals surface area contributed by atoms with Gasteiger partial charge in [-0.3, -0.25) is 4.79 Å². The number of hydrogen-bond donors (Lipinski definition) is 0. The Kier molecular flexibility index (Phi) is 2.49. The maximum Gasteiger partial charge on any atom is 0.142 e. The highest BCUT2D eigenvalue weighted by Crippen LogP contribution is 2.28. The molecular weight excluding hydrogens is 172 g/mol. The second-order valence-electron chi connectivity index (χ2n) is 3.78.